The summed E-state index contributed by atoms with van der Waals surface area (Å²) >= 11 is 0. The van der Waals surface area contributed by atoms with E-state index < -0.39 is 0 Å². The summed E-state index contributed by atoms with van der Waals surface area (Å²) in [5.74, 6) is -0.322. The fraction of sp³-hybridized carbons (Fsp3) is 0.562. The van der Waals surface area contributed by atoms with Gasteiger partial charge in [0.25, 0.3) is 0 Å². The Morgan fingerprint density at radius 1 is 1.45 bits per heavy atom. The first-order chi connectivity index (χ1) is 10.5. The molecule has 1 heterocycles. The summed E-state index contributed by atoms with van der Waals surface area (Å²) in [5, 5.41) is 2.90. The van der Waals surface area contributed by atoms with Crippen molar-refractivity contribution in [2.24, 2.45) is 5.73 Å². The van der Waals surface area contributed by atoms with Gasteiger partial charge in [-0.1, -0.05) is 19.9 Å². The number of likely N-dealkylation sites (N-methyl/N-ethyl adjacent to an activating group) is 2. The topological polar surface area (TPSA) is 88.3 Å². The first-order valence-corrected chi connectivity index (χ1v) is 7.50. The lowest BCUT2D eigenvalue weighted by Gasteiger charge is -2.21. The predicted molar refractivity (Wildman–Crippen MR) is 90.6 cm³/mol. The minimum Gasteiger partial charge on any atom is -0.368 e. The van der Waals surface area contributed by atoms with Crippen molar-refractivity contribution in [1.29, 1.82) is 0 Å². The molecule has 0 fully saturated rings. The van der Waals surface area contributed by atoms with E-state index >= 15 is 0 Å². The van der Waals surface area contributed by atoms with E-state index in [4.69, 9.17) is 10.5 Å². The van der Waals surface area contributed by atoms with E-state index in [0.717, 1.165) is 24.9 Å². The summed E-state index contributed by atoms with van der Waals surface area (Å²) < 4.78 is 0. The maximum atomic E-state index is 11.1. The molecule has 1 rings (SSSR count). The van der Waals surface area contributed by atoms with Crippen molar-refractivity contribution in [2.75, 3.05) is 27.2 Å². The van der Waals surface area contributed by atoms with Gasteiger partial charge in [-0.2, -0.15) is 0 Å². The largest absolute Gasteiger partial charge is 0.368 e. The third-order valence-corrected chi connectivity index (χ3v) is 2.66. The smallest absolute Gasteiger partial charge is 0.235 e. The summed E-state index contributed by atoms with van der Waals surface area (Å²) in [5.41, 5.74) is 6.32. The fourth-order valence-corrected chi connectivity index (χ4v) is 1.58. The maximum absolute atomic E-state index is 11.1. The number of nitrogens with one attached hydrogen (secondary N) is 1. The average molecular weight is 310 g/mol. The Hall–Kier alpha value is -1.79. The van der Waals surface area contributed by atoms with Gasteiger partial charge in [-0.05, 0) is 33.2 Å². The Labute approximate surface area is 134 Å². The van der Waals surface area contributed by atoms with Crippen LogP contribution in [0.15, 0.2) is 24.4 Å². The van der Waals surface area contributed by atoms with Gasteiger partial charge in [0, 0.05) is 31.4 Å². The lowest BCUT2D eigenvalue weighted by molar-refractivity contribution is -0.120. The Morgan fingerprint density at radius 2 is 2.05 bits per heavy atom. The van der Waals surface area contributed by atoms with E-state index in [1.165, 1.54) is 6.92 Å². The molecule has 0 spiro atoms. The SMILES string of the molecule is CC.CC=O.CNC(CN(C)CCc1ccccn1)C(N)=O. The number of carbonyl (C=O) groups excluding carboxylic acids is 2. The number of carbonyl (C=O) groups is 2. The molecule has 0 aliphatic heterocycles. The number of pyridine rings is 1. The molecule has 0 radical (unpaired) electrons. The van der Waals surface area contributed by atoms with Crippen molar-refractivity contribution in [1.82, 2.24) is 15.2 Å². The van der Waals surface area contributed by atoms with Crippen LogP contribution >= 0.6 is 0 Å². The Morgan fingerprint density at radius 3 is 2.45 bits per heavy atom. The zero-order valence-corrected chi connectivity index (χ0v) is 14.4. The molecule has 1 atom stereocenters. The highest BCUT2D eigenvalue weighted by atomic mass is 16.1. The van der Waals surface area contributed by atoms with Crippen LogP contribution in [0.2, 0.25) is 0 Å². The predicted octanol–water partition coefficient (Wildman–Crippen LogP) is 0.861. The number of primary amides is 1. The highest BCUT2D eigenvalue weighted by Crippen LogP contribution is 1.97. The third kappa shape index (κ3) is 12.0. The Bertz CT molecular complexity index is 385. The van der Waals surface area contributed by atoms with Gasteiger partial charge in [-0.15, -0.1) is 0 Å². The van der Waals surface area contributed by atoms with E-state index in [1.54, 1.807) is 13.2 Å². The molecule has 6 heteroatoms. The second-order valence-electron chi connectivity index (χ2n) is 4.31. The van der Waals surface area contributed by atoms with Crippen LogP contribution in [0.4, 0.5) is 0 Å². The van der Waals surface area contributed by atoms with Gasteiger partial charge >= 0.3 is 0 Å². The van der Waals surface area contributed by atoms with Gasteiger partial charge in [0.05, 0.1) is 6.04 Å². The standard InChI is InChI=1S/C12H20N4O.C2H4O.C2H6/c1-14-11(12(13)17)9-16(2)8-6-10-5-3-4-7-15-10;1-2-3;1-2/h3-5,7,11,14H,6,8-9H2,1-2H3,(H2,13,17);2H,1H3;1-2H3. The molecule has 126 valence electrons. The monoisotopic (exact) mass is 310 g/mol. The molecule has 0 aliphatic rings. The van der Waals surface area contributed by atoms with Gasteiger partial charge < -0.3 is 20.7 Å². The van der Waals surface area contributed by atoms with E-state index in [1.807, 2.05) is 39.1 Å². The van der Waals surface area contributed by atoms with E-state index in [2.05, 4.69) is 15.2 Å². The lowest BCUT2D eigenvalue weighted by Crippen LogP contribution is -2.47. The van der Waals surface area contributed by atoms with Crippen molar-refractivity contribution in [3.05, 3.63) is 30.1 Å². The Kier molecular flexibility index (Phi) is 15.9. The van der Waals surface area contributed by atoms with Crippen LogP contribution in [0.5, 0.6) is 0 Å². The lowest BCUT2D eigenvalue weighted by atomic mass is 10.2. The second-order valence-corrected chi connectivity index (χ2v) is 4.31. The summed E-state index contributed by atoms with van der Waals surface area (Å²) in [6, 6.07) is 5.57. The first kappa shape index (κ1) is 22.5. The number of rotatable bonds is 7. The summed E-state index contributed by atoms with van der Waals surface area (Å²) in [7, 11) is 3.71. The number of aldehydes is 1. The summed E-state index contributed by atoms with van der Waals surface area (Å²) in [4.78, 5) is 26.2. The summed E-state index contributed by atoms with van der Waals surface area (Å²) in [6.45, 7) is 6.90. The molecule has 6 nitrogen and oxygen atoms in total. The molecule has 0 saturated carbocycles. The van der Waals surface area contributed by atoms with Gasteiger partial charge in [0.2, 0.25) is 5.91 Å². The highest BCUT2D eigenvalue weighted by Gasteiger charge is 2.14. The molecule has 1 aromatic heterocycles. The first-order valence-electron chi connectivity index (χ1n) is 7.50. The van der Waals surface area contributed by atoms with Gasteiger partial charge in [-0.25, -0.2) is 0 Å². The number of hydrogen-bond acceptors (Lipinski definition) is 5. The molecule has 0 bridgehead atoms. The fourth-order valence-electron chi connectivity index (χ4n) is 1.58. The molecule has 3 N–H and O–H groups in total. The molecule has 1 unspecified atom stereocenters. The quantitative estimate of drug-likeness (QED) is 0.729. The zero-order chi connectivity index (χ0) is 17.4. The molecule has 22 heavy (non-hydrogen) atoms. The molecular formula is C16H30N4O2. The van der Waals surface area contributed by atoms with Crippen molar-refractivity contribution in [2.45, 2.75) is 33.2 Å². The Balaban J connectivity index is 0. The second kappa shape index (κ2) is 15.6. The van der Waals surface area contributed by atoms with Gasteiger partial charge in [0.15, 0.2) is 0 Å². The van der Waals surface area contributed by atoms with Crippen LogP contribution in [-0.4, -0.2) is 55.3 Å². The van der Waals surface area contributed by atoms with Crippen molar-refractivity contribution >= 4 is 12.2 Å². The van der Waals surface area contributed by atoms with E-state index in [0.29, 0.717) is 6.54 Å². The van der Waals surface area contributed by atoms with Crippen molar-refractivity contribution < 1.29 is 9.59 Å². The minimum atomic E-state index is -0.322. The molecule has 0 aliphatic carbocycles. The molecule has 1 aromatic rings. The summed E-state index contributed by atoms with van der Waals surface area (Å²) in [6.07, 6.45) is 3.40. The molecule has 0 saturated heterocycles. The van der Waals surface area contributed by atoms with Gasteiger partial charge in [-0.3, -0.25) is 9.78 Å². The number of nitrogens with two attached hydrogens (primary N) is 1. The number of aromatic nitrogens is 1. The van der Waals surface area contributed by atoms with Crippen LogP contribution in [0.3, 0.4) is 0 Å². The molecule has 1 amide bonds. The van der Waals surface area contributed by atoms with Crippen LogP contribution in [-0.2, 0) is 16.0 Å². The third-order valence-electron chi connectivity index (χ3n) is 2.66. The zero-order valence-electron chi connectivity index (χ0n) is 14.4. The van der Waals surface area contributed by atoms with Crippen LogP contribution in [0.1, 0.15) is 26.5 Å². The van der Waals surface area contributed by atoms with Crippen molar-refractivity contribution in [3.63, 3.8) is 0 Å². The van der Waals surface area contributed by atoms with Crippen LogP contribution < -0.4 is 11.1 Å². The normalized spacial score (nSPS) is 10.6. The van der Waals surface area contributed by atoms with Crippen LogP contribution in [0, 0.1) is 0 Å². The molecule has 0 aromatic carbocycles. The maximum Gasteiger partial charge on any atom is 0.235 e. The van der Waals surface area contributed by atoms with Crippen molar-refractivity contribution in [3.8, 4) is 0 Å². The molecular weight excluding hydrogens is 280 g/mol. The van der Waals surface area contributed by atoms with Crippen LogP contribution in [0.25, 0.3) is 0 Å². The average Bonchev–Trinajstić information content (AvgIpc) is 2.54. The minimum absolute atomic E-state index is 0.302. The van der Waals surface area contributed by atoms with E-state index in [-0.39, 0.29) is 11.9 Å². The van der Waals surface area contributed by atoms with Gasteiger partial charge in [0.1, 0.15) is 6.29 Å². The number of hydrogen-bond donors (Lipinski definition) is 2. The highest BCUT2D eigenvalue weighted by molar-refractivity contribution is 5.80. The van der Waals surface area contributed by atoms with E-state index in [9.17, 15) is 4.79 Å². The number of nitrogens with zero attached hydrogens (tertiary/aromatic N) is 2. The number of amides is 1.